The number of hydrogen-bond donors (Lipinski definition) is 1. The Kier molecular flexibility index (Phi) is 6.59. The summed E-state index contributed by atoms with van der Waals surface area (Å²) in [5, 5.41) is 12.3. The van der Waals surface area contributed by atoms with Crippen LogP contribution in [0.5, 0.6) is 0 Å². The maximum atomic E-state index is 15.0. The van der Waals surface area contributed by atoms with Gasteiger partial charge < -0.3 is 15.0 Å². The van der Waals surface area contributed by atoms with Gasteiger partial charge in [0.15, 0.2) is 0 Å². The number of nitriles is 1. The molecule has 2 aliphatic heterocycles. The van der Waals surface area contributed by atoms with Crippen LogP contribution in [-0.2, 0) is 9.53 Å². The molecule has 33 heavy (non-hydrogen) atoms. The fraction of sp³-hybridized carbons (Fsp3) is 0.320. The number of benzene rings is 2. The summed E-state index contributed by atoms with van der Waals surface area (Å²) in [5.41, 5.74) is 3.58. The lowest BCUT2D eigenvalue weighted by atomic mass is 9.93. The zero-order valence-electron chi connectivity index (χ0n) is 18.4. The van der Waals surface area contributed by atoms with Crippen LogP contribution in [0.25, 0.3) is 5.57 Å². The highest BCUT2D eigenvalue weighted by Crippen LogP contribution is 2.32. The average molecular weight is 448 g/mol. The van der Waals surface area contributed by atoms with Crippen LogP contribution in [0.1, 0.15) is 25.3 Å². The van der Waals surface area contributed by atoms with Gasteiger partial charge in [-0.3, -0.25) is 9.69 Å². The summed E-state index contributed by atoms with van der Waals surface area (Å²) < 4.78 is 20.3. The molecule has 2 heterocycles. The third-order valence-corrected chi connectivity index (χ3v) is 5.93. The minimum atomic E-state index is -0.560. The number of halogens is 1. The number of nitrogens with one attached hydrogen (secondary N) is 1. The lowest BCUT2D eigenvalue weighted by Crippen LogP contribution is -2.33. The standard InChI is InChI=1S/C25H25FN4O3/c1-17(31)28-15-21-16-30(25(32)33-21)20-7-8-24(23(26)13-20)29-11-9-19(10-12-29)22(14-27)18-5-3-2-4-6-18/h2-8,13,21H,9-12,15-16H2,1H3,(H,28,31). The van der Waals surface area contributed by atoms with Crippen LogP contribution in [0.15, 0.2) is 54.1 Å². The number of nitrogens with zero attached hydrogens (tertiary/aromatic N) is 3. The highest BCUT2D eigenvalue weighted by atomic mass is 19.1. The van der Waals surface area contributed by atoms with E-state index < -0.39 is 18.0 Å². The molecule has 1 N–H and O–H groups in total. The molecular weight excluding hydrogens is 423 g/mol. The first-order chi connectivity index (χ1) is 16.0. The fourth-order valence-corrected chi connectivity index (χ4v) is 4.24. The summed E-state index contributed by atoms with van der Waals surface area (Å²) in [7, 11) is 0. The largest absolute Gasteiger partial charge is 0.442 e. The van der Waals surface area contributed by atoms with Gasteiger partial charge in [0.2, 0.25) is 5.91 Å². The lowest BCUT2D eigenvalue weighted by Gasteiger charge is -2.31. The smallest absolute Gasteiger partial charge is 0.414 e. The molecule has 0 saturated carbocycles. The van der Waals surface area contributed by atoms with Crippen molar-refractivity contribution in [2.24, 2.45) is 0 Å². The molecule has 2 aromatic carbocycles. The van der Waals surface area contributed by atoms with Crippen LogP contribution in [0.2, 0.25) is 0 Å². The number of anilines is 2. The highest BCUT2D eigenvalue weighted by Gasteiger charge is 2.33. The van der Waals surface area contributed by atoms with Gasteiger partial charge in [-0.1, -0.05) is 30.3 Å². The molecule has 0 spiro atoms. The fourth-order valence-electron chi connectivity index (χ4n) is 4.24. The zero-order chi connectivity index (χ0) is 23.4. The maximum Gasteiger partial charge on any atom is 0.414 e. The van der Waals surface area contributed by atoms with E-state index in [0.717, 1.165) is 11.1 Å². The summed E-state index contributed by atoms with van der Waals surface area (Å²) in [4.78, 5) is 26.6. The third-order valence-electron chi connectivity index (χ3n) is 5.93. The molecule has 1 atom stereocenters. The topological polar surface area (TPSA) is 85.7 Å². The first-order valence-electron chi connectivity index (χ1n) is 10.9. The van der Waals surface area contributed by atoms with Crippen LogP contribution >= 0.6 is 0 Å². The van der Waals surface area contributed by atoms with Crippen molar-refractivity contribution < 1.29 is 18.7 Å². The molecule has 2 amide bonds. The molecular formula is C25H25FN4O3. The molecule has 4 rings (SSSR count). The second-order valence-corrected chi connectivity index (χ2v) is 8.13. The molecule has 2 aromatic rings. The molecule has 0 aliphatic carbocycles. The molecule has 0 radical (unpaired) electrons. The monoisotopic (exact) mass is 448 g/mol. The molecule has 7 nitrogen and oxygen atoms in total. The van der Waals surface area contributed by atoms with Gasteiger partial charge in [0.25, 0.3) is 0 Å². The van der Waals surface area contributed by atoms with E-state index in [1.165, 1.54) is 17.9 Å². The van der Waals surface area contributed by atoms with Crippen molar-refractivity contribution in [1.82, 2.24) is 5.32 Å². The molecule has 170 valence electrons. The van der Waals surface area contributed by atoms with Gasteiger partial charge in [0.1, 0.15) is 11.9 Å². The van der Waals surface area contributed by atoms with Crippen molar-refractivity contribution >= 4 is 28.9 Å². The quantitative estimate of drug-likeness (QED) is 0.702. The van der Waals surface area contributed by atoms with Crippen molar-refractivity contribution in [1.29, 1.82) is 5.26 Å². The summed E-state index contributed by atoms with van der Waals surface area (Å²) >= 11 is 0. The predicted octanol–water partition coefficient (Wildman–Crippen LogP) is 3.86. The van der Waals surface area contributed by atoms with Crippen molar-refractivity contribution in [2.45, 2.75) is 25.9 Å². The number of piperidine rings is 1. The van der Waals surface area contributed by atoms with Crippen LogP contribution in [0.4, 0.5) is 20.6 Å². The summed E-state index contributed by atoms with van der Waals surface area (Å²) in [6.07, 6.45) is 0.329. The Bertz CT molecular complexity index is 1120. The Balaban J connectivity index is 1.43. The van der Waals surface area contributed by atoms with Gasteiger partial charge in [0.05, 0.1) is 36.1 Å². The van der Waals surface area contributed by atoms with E-state index in [9.17, 15) is 14.9 Å². The number of hydrogen-bond acceptors (Lipinski definition) is 5. The van der Waals surface area contributed by atoms with Gasteiger partial charge >= 0.3 is 6.09 Å². The third kappa shape index (κ3) is 4.98. The van der Waals surface area contributed by atoms with Crippen LogP contribution in [0.3, 0.4) is 0 Å². The molecule has 2 saturated heterocycles. The molecule has 8 heteroatoms. The van der Waals surface area contributed by atoms with Crippen molar-refractivity contribution in [2.75, 3.05) is 36.0 Å². The van der Waals surface area contributed by atoms with E-state index in [1.54, 1.807) is 12.1 Å². The van der Waals surface area contributed by atoms with Gasteiger partial charge in [-0.2, -0.15) is 5.26 Å². The molecule has 2 fully saturated rings. The summed E-state index contributed by atoms with van der Waals surface area (Å²) in [6, 6.07) is 16.7. The molecule has 1 unspecified atom stereocenters. The minimum Gasteiger partial charge on any atom is -0.442 e. The van der Waals surface area contributed by atoms with Gasteiger partial charge in [-0.05, 0) is 42.2 Å². The Morgan fingerprint density at radius 3 is 2.58 bits per heavy atom. The zero-order valence-corrected chi connectivity index (χ0v) is 18.4. The molecule has 2 aliphatic rings. The first kappa shape index (κ1) is 22.3. The van der Waals surface area contributed by atoms with Gasteiger partial charge in [-0.15, -0.1) is 0 Å². The van der Waals surface area contributed by atoms with Crippen molar-refractivity contribution in [3.05, 3.63) is 65.5 Å². The highest BCUT2D eigenvalue weighted by molar-refractivity contribution is 5.90. The summed E-state index contributed by atoms with van der Waals surface area (Å²) in [5.74, 6) is -0.619. The number of amides is 2. The number of carbonyl (C=O) groups excluding carboxylic acids is 2. The van der Waals surface area contributed by atoms with Crippen LogP contribution < -0.4 is 15.1 Å². The van der Waals surface area contributed by atoms with Gasteiger partial charge in [0, 0.05) is 20.0 Å². The summed E-state index contributed by atoms with van der Waals surface area (Å²) in [6.45, 7) is 3.06. The second kappa shape index (κ2) is 9.74. The second-order valence-electron chi connectivity index (χ2n) is 8.13. The number of allylic oxidation sites excluding steroid dienone is 1. The van der Waals surface area contributed by atoms with Crippen LogP contribution in [-0.4, -0.2) is 44.3 Å². The van der Waals surface area contributed by atoms with Crippen molar-refractivity contribution in [3.8, 4) is 6.07 Å². The predicted molar refractivity (Wildman–Crippen MR) is 123 cm³/mol. The number of rotatable bonds is 5. The van der Waals surface area contributed by atoms with E-state index in [-0.39, 0.29) is 19.0 Å². The Morgan fingerprint density at radius 1 is 1.21 bits per heavy atom. The number of ether oxygens (including phenoxy) is 1. The maximum absolute atomic E-state index is 15.0. The first-order valence-corrected chi connectivity index (χ1v) is 10.9. The average Bonchev–Trinajstić information content (AvgIpc) is 3.20. The van der Waals surface area contributed by atoms with E-state index in [2.05, 4.69) is 11.4 Å². The van der Waals surface area contributed by atoms with Crippen LogP contribution in [0, 0.1) is 17.1 Å². The van der Waals surface area contributed by atoms with E-state index in [1.807, 2.05) is 35.2 Å². The Morgan fingerprint density at radius 2 is 1.94 bits per heavy atom. The van der Waals surface area contributed by atoms with Gasteiger partial charge in [-0.25, -0.2) is 9.18 Å². The Hall–Kier alpha value is -3.86. The number of carbonyl (C=O) groups is 2. The van der Waals surface area contributed by atoms with Crippen molar-refractivity contribution in [3.63, 3.8) is 0 Å². The molecule has 0 bridgehead atoms. The molecule has 0 aromatic heterocycles. The van der Waals surface area contributed by atoms with E-state index >= 15 is 4.39 Å². The van der Waals surface area contributed by atoms with E-state index in [4.69, 9.17) is 4.74 Å². The van der Waals surface area contributed by atoms with E-state index in [0.29, 0.717) is 42.9 Å². The Labute approximate surface area is 192 Å². The normalized spacial score (nSPS) is 18.0. The lowest BCUT2D eigenvalue weighted by molar-refractivity contribution is -0.119. The SMILES string of the molecule is CC(=O)NCC1CN(c2ccc(N3CCC(=C(C#N)c4ccccc4)CC3)c(F)c2)C(=O)O1. The number of cyclic esters (lactones) is 1. The minimum absolute atomic E-state index is 0.204.